The Labute approximate surface area is 131 Å². The quantitative estimate of drug-likeness (QED) is 0.808. The first kappa shape index (κ1) is 15.3. The Morgan fingerprint density at radius 3 is 2.62 bits per heavy atom. The lowest BCUT2D eigenvalue weighted by Crippen LogP contribution is -2.26. The molecule has 0 spiro atoms. The number of benzene rings is 1. The summed E-state index contributed by atoms with van der Waals surface area (Å²) in [5.41, 5.74) is 0.943. The minimum atomic E-state index is -3.45. The smallest absolute Gasteiger partial charge is 0.240 e. The Balaban J connectivity index is 1.64. The third kappa shape index (κ3) is 3.97. The van der Waals surface area contributed by atoms with Crippen LogP contribution in [-0.4, -0.2) is 21.0 Å². The fourth-order valence-corrected chi connectivity index (χ4v) is 3.80. The van der Waals surface area contributed by atoms with E-state index in [1.165, 1.54) is 12.8 Å². The van der Waals surface area contributed by atoms with Crippen LogP contribution in [0, 0.1) is 11.8 Å². The molecule has 2 fully saturated rings. The van der Waals surface area contributed by atoms with Crippen molar-refractivity contribution in [2.45, 2.75) is 43.7 Å². The van der Waals surface area contributed by atoms with Crippen LogP contribution in [0.1, 0.15) is 31.7 Å². The molecular weight excluding hydrogens is 308 g/mol. The van der Waals surface area contributed by atoms with Crippen LogP contribution < -0.4 is 10.0 Å². The first-order valence-electron chi connectivity index (χ1n) is 7.47. The van der Waals surface area contributed by atoms with Crippen LogP contribution in [0.4, 0.5) is 0 Å². The van der Waals surface area contributed by atoms with E-state index in [0.717, 1.165) is 12.0 Å². The van der Waals surface area contributed by atoms with E-state index in [1.807, 2.05) is 0 Å². The second-order valence-corrected chi connectivity index (χ2v) is 8.41. The van der Waals surface area contributed by atoms with E-state index in [1.54, 1.807) is 18.2 Å². The van der Waals surface area contributed by atoms with Crippen LogP contribution in [0.3, 0.4) is 0 Å². The zero-order valence-corrected chi connectivity index (χ0v) is 13.7. The Morgan fingerprint density at radius 1 is 1.33 bits per heavy atom. The Hall–Kier alpha value is -0.620. The summed E-state index contributed by atoms with van der Waals surface area (Å²) in [6.07, 6.45) is 3.54. The Kier molecular flexibility index (Phi) is 4.28. The Morgan fingerprint density at radius 2 is 2.05 bits per heavy atom. The molecular formula is C15H21ClN2O2S. The Bertz CT molecular complexity index is 629. The number of nitrogens with one attached hydrogen (secondary N) is 2. The van der Waals surface area contributed by atoms with E-state index in [0.29, 0.717) is 36.0 Å². The zero-order valence-electron chi connectivity index (χ0n) is 12.1. The summed E-state index contributed by atoms with van der Waals surface area (Å²) in [4.78, 5) is 0.246. The molecule has 0 amide bonds. The summed E-state index contributed by atoms with van der Waals surface area (Å²) in [7, 11) is -3.45. The lowest BCUT2D eigenvalue weighted by molar-refractivity contribution is 0.574. The van der Waals surface area contributed by atoms with Gasteiger partial charge < -0.3 is 5.32 Å². The van der Waals surface area contributed by atoms with Crippen LogP contribution in [0.5, 0.6) is 0 Å². The van der Waals surface area contributed by atoms with Crippen LogP contribution in [0.25, 0.3) is 0 Å². The summed E-state index contributed by atoms with van der Waals surface area (Å²) in [6, 6.07) is 5.58. The summed E-state index contributed by atoms with van der Waals surface area (Å²) in [5.74, 6) is 1.12. The van der Waals surface area contributed by atoms with Crippen molar-refractivity contribution in [2.24, 2.45) is 11.8 Å². The minimum Gasteiger partial charge on any atom is -0.310 e. The van der Waals surface area contributed by atoms with Gasteiger partial charge in [-0.25, -0.2) is 13.1 Å². The maximum absolute atomic E-state index is 12.2. The summed E-state index contributed by atoms with van der Waals surface area (Å²) < 4.78 is 27.1. The lowest BCUT2D eigenvalue weighted by Gasteiger charge is -2.10. The van der Waals surface area contributed by atoms with Crippen molar-refractivity contribution in [1.82, 2.24) is 10.0 Å². The van der Waals surface area contributed by atoms with Gasteiger partial charge in [-0.1, -0.05) is 24.6 Å². The largest absolute Gasteiger partial charge is 0.310 e. The lowest BCUT2D eigenvalue weighted by atomic mass is 10.2. The van der Waals surface area contributed by atoms with Crippen LogP contribution >= 0.6 is 11.6 Å². The third-order valence-corrected chi connectivity index (χ3v) is 6.08. The van der Waals surface area contributed by atoms with Crippen molar-refractivity contribution < 1.29 is 8.42 Å². The van der Waals surface area contributed by atoms with E-state index in [2.05, 4.69) is 17.0 Å². The molecule has 2 saturated carbocycles. The highest BCUT2D eigenvalue weighted by atomic mass is 35.5. The number of hydrogen-bond donors (Lipinski definition) is 2. The standard InChI is InChI=1S/C15H21ClN2O2S/c1-10-6-12(10)9-18-21(19,20)14-5-2-11(15(16)7-14)8-17-13-3-4-13/h2,5,7,10,12-13,17-18H,3-4,6,8-9H2,1H3. The van der Waals surface area contributed by atoms with Crippen molar-refractivity contribution in [3.05, 3.63) is 28.8 Å². The minimum absolute atomic E-state index is 0.246. The molecule has 0 aliphatic heterocycles. The van der Waals surface area contributed by atoms with Gasteiger partial charge in [0.1, 0.15) is 0 Å². The van der Waals surface area contributed by atoms with Gasteiger partial charge in [-0.3, -0.25) is 0 Å². The van der Waals surface area contributed by atoms with Crippen molar-refractivity contribution in [3.63, 3.8) is 0 Å². The number of halogens is 1. The SMILES string of the molecule is CC1CC1CNS(=O)(=O)c1ccc(CNC2CC2)c(Cl)c1. The molecule has 6 heteroatoms. The molecule has 2 unspecified atom stereocenters. The predicted octanol–water partition coefficient (Wildman–Crippen LogP) is 2.53. The molecule has 0 heterocycles. The van der Waals surface area contributed by atoms with E-state index >= 15 is 0 Å². The first-order valence-corrected chi connectivity index (χ1v) is 9.33. The van der Waals surface area contributed by atoms with Gasteiger partial charge in [-0.15, -0.1) is 0 Å². The van der Waals surface area contributed by atoms with Crippen LogP contribution in [0.2, 0.25) is 5.02 Å². The van der Waals surface area contributed by atoms with E-state index in [4.69, 9.17) is 11.6 Å². The molecule has 3 rings (SSSR count). The van der Waals surface area contributed by atoms with Crippen molar-refractivity contribution in [3.8, 4) is 0 Å². The number of sulfonamides is 1. The molecule has 0 saturated heterocycles. The second kappa shape index (κ2) is 5.88. The monoisotopic (exact) mass is 328 g/mol. The van der Waals surface area contributed by atoms with Gasteiger partial charge in [0, 0.05) is 24.2 Å². The number of hydrogen-bond acceptors (Lipinski definition) is 3. The van der Waals surface area contributed by atoms with Gasteiger partial charge in [0.15, 0.2) is 0 Å². The summed E-state index contributed by atoms with van der Waals surface area (Å²) in [6.45, 7) is 3.35. The molecule has 116 valence electrons. The third-order valence-electron chi connectivity index (χ3n) is 4.31. The molecule has 1 aromatic rings. The zero-order chi connectivity index (χ0) is 15.0. The molecule has 2 atom stereocenters. The molecule has 1 aromatic carbocycles. The maximum Gasteiger partial charge on any atom is 0.240 e. The van der Waals surface area contributed by atoms with E-state index in [-0.39, 0.29) is 4.90 Å². The molecule has 0 aromatic heterocycles. The molecule has 2 aliphatic carbocycles. The van der Waals surface area contributed by atoms with Gasteiger partial charge in [-0.05, 0) is 48.8 Å². The van der Waals surface area contributed by atoms with Gasteiger partial charge in [-0.2, -0.15) is 0 Å². The molecule has 21 heavy (non-hydrogen) atoms. The highest BCUT2D eigenvalue weighted by Gasteiger charge is 2.33. The van der Waals surface area contributed by atoms with Crippen molar-refractivity contribution in [2.75, 3.05) is 6.54 Å². The molecule has 4 nitrogen and oxygen atoms in total. The van der Waals surface area contributed by atoms with Crippen LogP contribution in [0.15, 0.2) is 23.1 Å². The summed E-state index contributed by atoms with van der Waals surface area (Å²) in [5, 5.41) is 3.88. The molecule has 0 bridgehead atoms. The predicted molar refractivity (Wildman–Crippen MR) is 83.8 cm³/mol. The number of rotatable bonds is 7. The average Bonchev–Trinajstić information content (AvgIpc) is 3.33. The van der Waals surface area contributed by atoms with Crippen molar-refractivity contribution >= 4 is 21.6 Å². The maximum atomic E-state index is 12.2. The molecule has 2 N–H and O–H groups in total. The van der Waals surface area contributed by atoms with Gasteiger partial charge in [0.2, 0.25) is 10.0 Å². The van der Waals surface area contributed by atoms with E-state index in [9.17, 15) is 8.42 Å². The van der Waals surface area contributed by atoms with Crippen molar-refractivity contribution in [1.29, 1.82) is 0 Å². The molecule has 2 aliphatic rings. The van der Waals surface area contributed by atoms with Crippen LogP contribution in [-0.2, 0) is 16.6 Å². The second-order valence-electron chi connectivity index (χ2n) is 6.23. The van der Waals surface area contributed by atoms with Gasteiger partial charge in [0.25, 0.3) is 0 Å². The molecule has 0 radical (unpaired) electrons. The summed E-state index contributed by atoms with van der Waals surface area (Å²) >= 11 is 6.21. The fraction of sp³-hybridized carbons (Fsp3) is 0.600. The first-order chi connectivity index (χ1) is 9.95. The highest BCUT2D eigenvalue weighted by molar-refractivity contribution is 7.89. The fourth-order valence-electron chi connectivity index (χ4n) is 2.36. The highest BCUT2D eigenvalue weighted by Crippen LogP contribution is 2.37. The normalized spacial score (nSPS) is 25.0. The van der Waals surface area contributed by atoms with Gasteiger partial charge >= 0.3 is 0 Å². The van der Waals surface area contributed by atoms with E-state index < -0.39 is 10.0 Å². The van der Waals surface area contributed by atoms with Gasteiger partial charge in [0.05, 0.1) is 4.90 Å². The topological polar surface area (TPSA) is 58.2 Å². The average molecular weight is 329 g/mol.